The van der Waals surface area contributed by atoms with Crippen LogP contribution in [0.15, 0.2) is 27.6 Å². The zero-order valence-electron chi connectivity index (χ0n) is 11.5. The molecular formula is C13H16BrFN2O3S. The molecule has 1 aliphatic heterocycles. The molecule has 1 amide bonds. The lowest BCUT2D eigenvalue weighted by atomic mass is 10.3. The molecule has 8 heteroatoms. The Kier molecular flexibility index (Phi) is 5.00. The summed E-state index contributed by atoms with van der Waals surface area (Å²) in [6.07, 6.45) is 1.84. The van der Waals surface area contributed by atoms with Crippen molar-refractivity contribution in [1.29, 1.82) is 0 Å². The van der Waals surface area contributed by atoms with Gasteiger partial charge in [-0.1, -0.05) is 15.9 Å². The predicted octanol–water partition coefficient (Wildman–Crippen LogP) is 1.88. The third kappa shape index (κ3) is 3.81. The van der Waals surface area contributed by atoms with Crippen LogP contribution in [-0.4, -0.2) is 38.4 Å². The molecule has 5 nitrogen and oxygen atoms in total. The summed E-state index contributed by atoms with van der Waals surface area (Å²) in [4.78, 5) is 13.2. The van der Waals surface area contributed by atoms with Gasteiger partial charge >= 0.3 is 0 Å². The van der Waals surface area contributed by atoms with Crippen LogP contribution in [0.25, 0.3) is 0 Å². The van der Waals surface area contributed by atoms with Gasteiger partial charge in [-0.25, -0.2) is 12.8 Å². The summed E-state index contributed by atoms with van der Waals surface area (Å²) in [7, 11) is -4.09. The Morgan fingerprint density at radius 2 is 2.00 bits per heavy atom. The zero-order valence-corrected chi connectivity index (χ0v) is 13.9. The molecular weight excluding hydrogens is 363 g/mol. The number of rotatable bonds is 4. The first-order valence-electron chi connectivity index (χ1n) is 6.57. The molecule has 21 heavy (non-hydrogen) atoms. The van der Waals surface area contributed by atoms with Crippen molar-refractivity contribution in [2.45, 2.75) is 30.7 Å². The number of halogens is 2. The second-order valence-electron chi connectivity index (χ2n) is 4.95. The van der Waals surface area contributed by atoms with Crippen LogP contribution in [0, 0.1) is 5.82 Å². The fraction of sp³-hybridized carbons (Fsp3) is 0.462. The first-order chi connectivity index (χ1) is 9.81. The van der Waals surface area contributed by atoms with Gasteiger partial charge in [0.15, 0.2) is 0 Å². The summed E-state index contributed by atoms with van der Waals surface area (Å²) in [6.45, 7) is 2.74. The van der Waals surface area contributed by atoms with E-state index in [0.29, 0.717) is 17.6 Å². The number of nitrogens with one attached hydrogen (secondary N) is 1. The zero-order chi connectivity index (χ0) is 15.6. The minimum atomic E-state index is -4.09. The summed E-state index contributed by atoms with van der Waals surface area (Å²) >= 11 is 3.10. The lowest BCUT2D eigenvalue weighted by molar-refractivity contribution is -0.131. The van der Waals surface area contributed by atoms with E-state index in [-0.39, 0.29) is 5.91 Å². The van der Waals surface area contributed by atoms with Crippen molar-refractivity contribution in [1.82, 2.24) is 9.62 Å². The van der Waals surface area contributed by atoms with Crippen molar-refractivity contribution in [3.63, 3.8) is 0 Å². The fourth-order valence-corrected chi connectivity index (χ4v) is 4.05. The molecule has 1 unspecified atom stereocenters. The van der Waals surface area contributed by atoms with Crippen LogP contribution in [-0.2, 0) is 14.8 Å². The summed E-state index contributed by atoms with van der Waals surface area (Å²) in [5, 5.41) is 0. The number of hydrogen-bond acceptors (Lipinski definition) is 3. The number of likely N-dealkylation sites (tertiary alicyclic amines) is 1. The van der Waals surface area contributed by atoms with Crippen molar-refractivity contribution < 1.29 is 17.6 Å². The molecule has 1 heterocycles. The largest absolute Gasteiger partial charge is 0.341 e. The van der Waals surface area contributed by atoms with Crippen LogP contribution in [0.1, 0.15) is 19.8 Å². The highest BCUT2D eigenvalue weighted by Gasteiger charge is 2.28. The molecule has 1 atom stereocenters. The van der Waals surface area contributed by atoms with Gasteiger partial charge in [0.25, 0.3) is 0 Å². The normalized spacial score (nSPS) is 17.0. The van der Waals surface area contributed by atoms with E-state index in [1.165, 1.54) is 19.1 Å². The minimum absolute atomic E-state index is 0.286. The van der Waals surface area contributed by atoms with Gasteiger partial charge < -0.3 is 4.90 Å². The molecule has 0 saturated carbocycles. The molecule has 1 saturated heterocycles. The molecule has 2 rings (SSSR count). The van der Waals surface area contributed by atoms with Crippen molar-refractivity contribution in [2.24, 2.45) is 0 Å². The Bertz CT molecular complexity index is 645. The third-order valence-electron chi connectivity index (χ3n) is 3.30. The monoisotopic (exact) mass is 378 g/mol. The number of amides is 1. The highest BCUT2D eigenvalue weighted by atomic mass is 79.9. The second-order valence-corrected chi connectivity index (χ2v) is 7.55. The minimum Gasteiger partial charge on any atom is -0.341 e. The first kappa shape index (κ1) is 16.4. The van der Waals surface area contributed by atoms with Gasteiger partial charge in [-0.2, -0.15) is 4.72 Å². The van der Waals surface area contributed by atoms with E-state index in [0.717, 1.165) is 18.9 Å². The van der Waals surface area contributed by atoms with E-state index >= 15 is 0 Å². The molecule has 1 N–H and O–H groups in total. The molecule has 1 fully saturated rings. The Hall–Kier alpha value is -0.990. The third-order valence-corrected chi connectivity index (χ3v) is 5.35. The molecule has 0 bridgehead atoms. The lowest BCUT2D eigenvalue weighted by Crippen LogP contribution is -2.46. The van der Waals surface area contributed by atoms with Crippen LogP contribution < -0.4 is 4.72 Å². The Labute approximate surface area is 131 Å². The lowest BCUT2D eigenvalue weighted by Gasteiger charge is -2.21. The van der Waals surface area contributed by atoms with Crippen molar-refractivity contribution in [3.05, 3.63) is 28.5 Å². The second kappa shape index (κ2) is 6.41. The van der Waals surface area contributed by atoms with Crippen molar-refractivity contribution >= 4 is 31.9 Å². The highest BCUT2D eigenvalue weighted by molar-refractivity contribution is 9.10. The first-order valence-corrected chi connectivity index (χ1v) is 8.85. The number of nitrogens with zero attached hydrogens (tertiary/aromatic N) is 1. The topological polar surface area (TPSA) is 66.5 Å². The van der Waals surface area contributed by atoms with Crippen molar-refractivity contribution in [2.75, 3.05) is 13.1 Å². The standard InChI is InChI=1S/C13H16BrFN2O3S/c1-9(13(18)17-6-2-3-7-17)16-21(19,20)12-8-10(14)4-5-11(12)15/h4-5,8-9,16H,2-3,6-7H2,1H3. The molecule has 0 aromatic heterocycles. The van der Waals surface area contributed by atoms with Gasteiger partial charge in [0, 0.05) is 17.6 Å². The average molecular weight is 379 g/mol. The number of sulfonamides is 1. The van der Waals surface area contributed by atoms with E-state index in [1.54, 1.807) is 4.90 Å². The van der Waals surface area contributed by atoms with Crippen LogP contribution in [0.4, 0.5) is 4.39 Å². The molecule has 1 aromatic carbocycles. The summed E-state index contributed by atoms with van der Waals surface area (Å²) in [6, 6.07) is 2.72. The summed E-state index contributed by atoms with van der Waals surface area (Å²) in [5.41, 5.74) is 0. The van der Waals surface area contributed by atoms with Gasteiger partial charge in [-0.15, -0.1) is 0 Å². The van der Waals surface area contributed by atoms with Gasteiger partial charge in [0.2, 0.25) is 15.9 Å². The Balaban J connectivity index is 2.16. The SMILES string of the molecule is CC(NS(=O)(=O)c1cc(Br)ccc1F)C(=O)N1CCCC1. The molecule has 1 aromatic rings. The van der Waals surface area contributed by atoms with Gasteiger partial charge in [0.05, 0.1) is 6.04 Å². The van der Waals surface area contributed by atoms with E-state index in [2.05, 4.69) is 20.7 Å². The Morgan fingerprint density at radius 3 is 2.62 bits per heavy atom. The van der Waals surface area contributed by atoms with Crippen molar-refractivity contribution in [3.8, 4) is 0 Å². The summed E-state index contributed by atoms with van der Waals surface area (Å²) < 4.78 is 40.8. The number of hydrogen-bond donors (Lipinski definition) is 1. The smallest absolute Gasteiger partial charge is 0.244 e. The maximum Gasteiger partial charge on any atom is 0.244 e. The molecule has 116 valence electrons. The van der Waals surface area contributed by atoms with E-state index in [1.807, 2.05) is 0 Å². The summed E-state index contributed by atoms with van der Waals surface area (Å²) in [5.74, 6) is -1.14. The van der Waals surface area contributed by atoms with Gasteiger partial charge in [-0.3, -0.25) is 4.79 Å². The predicted molar refractivity (Wildman–Crippen MR) is 79.7 cm³/mol. The van der Waals surface area contributed by atoms with Gasteiger partial charge in [0.1, 0.15) is 10.7 Å². The highest BCUT2D eigenvalue weighted by Crippen LogP contribution is 2.20. The quantitative estimate of drug-likeness (QED) is 0.869. The van der Waals surface area contributed by atoms with Gasteiger partial charge in [-0.05, 0) is 38.0 Å². The maximum atomic E-state index is 13.7. The number of carbonyl (C=O) groups is 1. The van der Waals surface area contributed by atoms with Crippen LogP contribution >= 0.6 is 15.9 Å². The maximum absolute atomic E-state index is 13.7. The van der Waals surface area contributed by atoms with Crippen LogP contribution in [0.3, 0.4) is 0 Å². The Morgan fingerprint density at radius 1 is 1.38 bits per heavy atom. The number of carbonyl (C=O) groups excluding carboxylic acids is 1. The fourth-order valence-electron chi connectivity index (χ4n) is 2.24. The molecule has 0 spiro atoms. The molecule has 0 aliphatic carbocycles. The number of benzene rings is 1. The van der Waals surface area contributed by atoms with E-state index in [4.69, 9.17) is 0 Å². The molecule has 1 aliphatic rings. The van der Waals surface area contributed by atoms with Crippen LogP contribution in [0.5, 0.6) is 0 Å². The van der Waals surface area contributed by atoms with Crippen LogP contribution in [0.2, 0.25) is 0 Å². The molecule has 0 radical (unpaired) electrons. The average Bonchev–Trinajstić information content (AvgIpc) is 2.94. The van der Waals surface area contributed by atoms with E-state index in [9.17, 15) is 17.6 Å². The van der Waals surface area contributed by atoms with E-state index < -0.39 is 26.8 Å².